The zero-order chi connectivity index (χ0) is 15.3. The van der Waals surface area contributed by atoms with Crippen molar-refractivity contribution in [1.82, 2.24) is 0 Å². The molecule has 0 aliphatic carbocycles. The highest BCUT2D eigenvalue weighted by Gasteiger charge is 2.25. The van der Waals surface area contributed by atoms with Crippen molar-refractivity contribution in [2.45, 2.75) is 25.8 Å². The summed E-state index contributed by atoms with van der Waals surface area (Å²) in [6.07, 6.45) is 1.01. The van der Waals surface area contributed by atoms with E-state index in [-0.39, 0.29) is 6.61 Å². The van der Waals surface area contributed by atoms with Crippen molar-refractivity contribution < 1.29 is 9.84 Å². The molecule has 1 unspecified atom stereocenters. The SMILES string of the molecule is CCc1ccc(C(C)(CO)Nc2cccc(OC)c2)cc1. The van der Waals surface area contributed by atoms with Crippen molar-refractivity contribution in [3.63, 3.8) is 0 Å². The predicted molar refractivity (Wildman–Crippen MR) is 86.9 cm³/mol. The molecule has 0 amide bonds. The number of benzene rings is 2. The van der Waals surface area contributed by atoms with Crippen molar-refractivity contribution in [2.24, 2.45) is 0 Å². The van der Waals surface area contributed by atoms with Gasteiger partial charge in [0.1, 0.15) is 5.75 Å². The van der Waals surface area contributed by atoms with Crippen LogP contribution >= 0.6 is 0 Å². The van der Waals surface area contributed by atoms with Gasteiger partial charge in [-0.1, -0.05) is 37.3 Å². The van der Waals surface area contributed by atoms with Crippen LogP contribution in [0.5, 0.6) is 5.75 Å². The minimum Gasteiger partial charge on any atom is -0.497 e. The molecule has 0 saturated heterocycles. The number of hydrogen-bond acceptors (Lipinski definition) is 3. The highest BCUT2D eigenvalue weighted by atomic mass is 16.5. The van der Waals surface area contributed by atoms with Gasteiger partial charge in [-0.25, -0.2) is 0 Å². The number of methoxy groups -OCH3 is 1. The number of ether oxygens (including phenoxy) is 1. The summed E-state index contributed by atoms with van der Waals surface area (Å²) in [5.41, 5.74) is 2.74. The summed E-state index contributed by atoms with van der Waals surface area (Å²) in [5, 5.41) is 13.3. The van der Waals surface area contributed by atoms with Crippen LogP contribution in [0.25, 0.3) is 0 Å². The van der Waals surface area contributed by atoms with Crippen molar-refractivity contribution in [3.8, 4) is 5.75 Å². The molecule has 0 aliphatic rings. The number of nitrogens with one attached hydrogen (secondary N) is 1. The van der Waals surface area contributed by atoms with E-state index in [0.717, 1.165) is 23.4 Å². The van der Waals surface area contributed by atoms with Gasteiger partial charge < -0.3 is 15.2 Å². The van der Waals surface area contributed by atoms with Crippen LogP contribution in [-0.2, 0) is 12.0 Å². The summed E-state index contributed by atoms with van der Waals surface area (Å²) in [7, 11) is 1.65. The first-order valence-electron chi connectivity index (χ1n) is 7.24. The number of aryl methyl sites for hydroxylation is 1. The number of aliphatic hydroxyl groups excluding tert-OH is 1. The van der Waals surface area contributed by atoms with Crippen LogP contribution in [0, 0.1) is 0 Å². The number of hydrogen-bond donors (Lipinski definition) is 2. The third-order valence-electron chi connectivity index (χ3n) is 3.81. The van der Waals surface area contributed by atoms with Gasteiger partial charge in [0.15, 0.2) is 0 Å². The molecular weight excluding hydrogens is 262 g/mol. The molecule has 0 fully saturated rings. The van der Waals surface area contributed by atoms with Crippen LogP contribution in [0.1, 0.15) is 25.0 Å². The van der Waals surface area contributed by atoms with Crippen LogP contribution in [-0.4, -0.2) is 18.8 Å². The topological polar surface area (TPSA) is 41.5 Å². The van der Waals surface area contributed by atoms with Gasteiger partial charge in [0.2, 0.25) is 0 Å². The molecule has 0 saturated carbocycles. The van der Waals surface area contributed by atoms with E-state index in [1.54, 1.807) is 7.11 Å². The van der Waals surface area contributed by atoms with Gasteiger partial charge in [0.05, 0.1) is 19.3 Å². The third kappa shape index (κ3) is 3.56. The fraction of sp³-hybridized carbons (Fsp3) is 0.333. The van der Waals surface area contributed by atoms with E-state index < -0.39 is 5.54 Å². The van der Waals surface area contributed by atoms with Crippen LogP contribution in [0.2, 0.25) is 0 Å². The minimum atomic E-state index is -0.529. The highest BCUT2D eigenvalue weighted by Crippen LogP contribution is 2.28. The lowest BCUT2D eigenvalue weighted by atomic mass is 9.91. The van der Waals surface area contributed by atoms with E-state index in [4.69, 9.17) is 4.74 Å². The van der Waals surface area contributed by atoms with Crippen LogP contribution < -0.4 is 10.1 Å². The van der Waals surface area contributed by atoms with Crippen LogP contribution in [0.3, 0.4) is 0 Å². The Balaban J connectivity index is 2.26. The molecule has 1 atom stereocenters. The van der Waals surface area contributed by atoms with Gasteiger partial charge >= 0.3 is 0 Å². The minimum absolute atomic E-state index is 0.00960. The Labute approximate surface area is 126 Å². The molecule has 0 heterocycles. The third-order valence-corrected chi connectivity index (χ3v) is 3.81. The second-order valence-corrected chi connectivity index (χ2v) is 5.40. The summed E-state index contributed by atoms with van der Waals surface area (Å²) >= 11 is 0. The Morgan fingerprint density at radius 1 is 1.14 bits per heavy atom. The quantitative estimate of drug-likeness (QED) is 0.852. The highest BCUT2D eigenvalue weighted by molar-refractivity contribution is 5.51. The molecule has 3 nitrogen and oxygen atoms in total. The average molecular weight is 285 g/mol. The molecular formula is C18H23NO2. The van der Waals surface area contributed by atoms with Crippen molar-refractivity contribution in [2.75, 3.05) is 19.0 Å². The van der Waals surface area contributed by atoms with E-state index >= 15 is 0 Å². The second kappa shape index (κ2) is 6.64. The maximum absolute atomic E-state index is 9.86. The first kappa shape index (κ1) is 15.4. The second-order valence-electron chi connectivity index (χ2n) is 5.40. The number of aliphatic hydroxyl groups is 1. The lowest BCUT2D eigenvalue weighted by Crippen LogP contribution is -2.35. The standard InChI is InChI=1S/C18H23NO2/c1-4-14-8-10-15(11-9-14)18(2,13-20)19-16-6-5-7-17(12-16)21-3/h5-12,19-20H,4,13H2,1-3H3. The van der Waals surface area contributed by atoms with Gasteiger partial charge in [0, 0.05) is 11.8 Å². The van der Waals surface area contributed by atoms with Crippen molar-refractivity contribution >= 4 is 5.69 Å². The maximum Gasteiger partial charge on any atom is 0.120 e. The van der Waals surface area contributed by atoms with Gasteiger partial charge in [-0.05, 0) is 36.6 Å². The molecule has 2 aromatic carbocycles. The largest absolute Gasteiger partial charge is 0.497 e. The summed E-state index contributed by atoms with van der Waals surface area (Å²) in [4.78, 5) is 0. The molecule has 0 spiro atoms. The smallest absolute Gasteiger partial charge is 0.120 e. The molecule has 21 heavy (non-hydrogen) atoms. The monoisotopic (exact) mass is 285 g/mol. The zero-order valence-corrected chi connectivity index (χ0v) is 12.9. The molecule has 0 aliphatic heterocycles. The summed E-state index contributed by atoms with van der Waals surface area (Å²) in [5.74, 6) is 0.793. The van der Waals surface area contributed by atoms with E-state index in [1.807, 2.05) is 31.2 Å². The van der Waals surface area contributed by atoms with Gasteiger partial charge in [-0.2, -0.15) is 0 Å². The fourth-order valence-electron chi connectivity index (χ4n) is 2.33. The molecule has 0 bridgehead atoms. The summed E-state index contributed by atoms with van der Waals surface area (Å²) < 4.78 is 5.24. The van der Waals surface area contributed by atoms with E-state index in [1.165, 1.54) is 5.56 Å². The predicted octanol–water partition coefficient (Wildman–Crippen LogP) is 3.58. The van der Waals surface area contributed by atoms with E-state index in [2.05, 4.69) is 36.5 Å². The molecule has 3 heteroatoms. The van der Waals surface area contributed by atoms with Crippen molar-refractivity contribution in [1.29, 1.82) is 0 Å². The van der Waals surface area contributed by atoms with E-state index in [9.17, 15) is 5.11 Å². The van der Waals surface area contributed by atoms with Gasteiger partial charge in [-0.15, -0.1) is 0 Å². The molecule has 2 N–H and O–H groups in total. The maximum atomic E-state index is 9.86. The molecule has 2 rings (SSSR count). The number of rotatable bonds is 6. The Bertz CT molecular complexity index is 580. The summed E-state index contributed by atoms with van der Waals surface area (Å²) in [6, 6.07) is 16.1. The lowest BCUT2D eigenvalue weighted by Gasteiger charge is -2.31. The molecule has 0 radical (unpaired) electrons. The normalized spacial score (nSPS) is 13.5. The lowest BCUT2D eigenvalue weighted by molar-refractivity contribution is 0.224. The first-order chi connectivity index (χ1) is 10.1. The van der Waals surface area contributed by atoms with Crippen LogP contribution in [0.15, 0.2) is 48.5 Å². The Hall–Kier alpha value is -2.00. The van der Waals surface area contributed by atoms with Gasteiger partial charge in [-0.3, -0.25) is 0 Å². The Morgan fingerprint density at radius 2 is 1.86 bits per heavy atom. The summed E-state index contributed by atoms with van der Waals surface area (Å²) in [6.45, 7) is 4.14. The fourth-order valence-corrected chi connectivity index (χ4v) is 2.33. The van der Waals surface area contributed by atoms with Crippen LogP contribution in [0.4, 0.5) is 5.69 Å². The Morgan fingerprint density at radius 3 is 2.43 bits per heavy atom. The number of anilines is 1. The van der Waals surface area contributed by atoms with Gasteiger partial charge in [0.25, 0.3) is 0 Å². The van der Waals surface area contributed by atoms with E-state index in [0.29, 0.717) is 0 Å². The zero-order valence-electron chi connectivity index (χ0n) is 12.9. The van der Waals surface area contributed by atoms with Crippen molar-refractivity contribution in [3.05, 3.63) is 59.7 Å². The first-order valence-corrected chi connectivity index (χ1v) is 7.24. The molecule has 2 aromatic rings. The average Bonchev–Trinajstić information content (AvgIpc) is 2.55. The Kier molecular flexibility index (Phi) is 4.86. The molecule has 112 valence electrons. The molecule has 0 aromatic heterocycles.